The molecule has 2 rings (SSSR count). The first-order chi connectivity index (χ1) is 9.20. The van der Waals surface area contributed by atoms with Crippen molar-refractivity contribution in [2.75, 3.05) is 4.72 Å². The van der Waals surface area contributed by atoms with Crippen LogP contribution in [0.1, 0.15) is 5.69 Å². The minimum absolute atomic E-state index is 0.0374. The molecule has 0 radical (unpaired) electrons. The van der Waals surface area contributed by atoms with Crippen LogP contribution in [0.5, 0.6) is 0 Å². The summed E-state index contributed by atoms with van der Waals surface area (Å²) in [5, 5.41) is 0. The van der Waals surface area contributed by atoms with Gasteiger partial charge in [-0.25, -0.2) is 21.6 Å². The van der Waals surface area contributed by atoms with Gasteiger partial charge in [0.2, 0.25) is 0 Å². The topological polar surface area (TPSA) is 79.0 Å². The van der Waals surface area contributed by atoms with Gasteiger partial charge < -0.3 is 4.98 Å². The second-order valence-corrected chi connectivity index (χ2v) is 6.64. The number of H-pyrrole nitrogens is 1. The van der Waals surface area contributed by atoms with Crippen molar-refractivity contribution in [1.82, 2.24) is 4.98 Å². The predicted octanol–water partition coefficient (Wildman–Crippen LogP) is 1.96. The number of benzene rings is 1. The number of hydrogen-bond donors (Lipinski definition) is 2. The predicted molar refractivity (Wildman–Crippen MR) is 66.8 cm³/mol. The normalized spacial score (nSPS) is 11.6. The molecule has 20 heavy (non-hydrogen) atoms. The van der Waals surface area contributed by atoms with Crippen LogP contribution in [0.25, 0.3) is 0 Å². The third-order valence-electron chi connectivity index (χ3n) is 2.27. The highest BCUT2D eigenvalue weighted by atomic mass is 32.2. The molecule has 108 valence electrons. The maximum absolute atomic E-state index is 13.4. The van der Waals surface area contributed by atoms with Gasteiger partial charge in [0.15, 0.2) is 15.8 Å². The first-order valence-corrected chi connectivity index (χ1v) is 7.38. The Morgan fingerprint density at radius 2 is 1.75 bits per heavy atom. The van der Waals surface area contributed by atoms with Crippen LogP contribution in [0.15, 0.2) is 21.1 Å². The van der Waals surface area contributed by atoms with Crippen LogP contribution in [0.4, 0.5) is 18.9 Å². The molecule has 5 nitrogen and oxygen atoms in total. The SMILES string of the molecule is Cc1[nH]c(=O)sc1S(=O)(=O)Nc1c(F)cc(F)cc1F. The van der Waals surface area contributed by atoms with Gasteiger partial charge in [-0.1, -0.05) is 11.3 Å². The molecular formula is C10H7F3N2O3S2. The van der Waals surface area contributed by atoms with E-state index in [0.717, 1.165) is 0 Å². The fraction of sp³-hybridized carbons (Fsp3) is 0.100. The fourth-order valence-electron chi connectivity index (χ4n) is 1.47. The molecule has 10 heteroatoms. The second kappa shape index (κ2) is 4.94. The van der Waals surface area contributed by atoms with Crippen molar-refractivity contribution in [3.8, 4) is 0 Å². The summed E-state index contributed by atoms with van der Waals surface area (Å²) in [6.07, 6.45) is 0. The van der Waals surface area contributed by atoms with Gasteiger partial charge in [-0.05, 0) is 6.92 Å². The number of anilines is 1. The lowest BCUT2D eigenvalue weighted by molar-refractivity contribution is 0.547. The highest BCUT2D eigenvalue weighted by Crippen LogP contribution is 2.25. The van der Waals surface area contributed by atoms with E-state index in [0.29, 0.717) is 23.5 Å². The number of rotatable bonds is 3. The van der Waals surface area contributed by atoms with E-state index in [4.69, 9.17) is 0 Å². The Bertz CT molecular complexity index is 804. The van der Waals surface area contributed by atoms with Gasteiger partial charge in [0, 0.05) is 17.8 Å². The molecule has 0 amide bonds. The van der Waals surface area contributed by atoms with Gasteiger partial charge in [0.1, 0.15) is 11.5 Å². The largest absolute Gasteiger partial charge is 0.315 e. The highest BCUT2D eigenvalue weighted by Gasteiger charge is 2.24. The van der Waals surface area contributed by atoms with Gasteiger partial charge in [-0.3, -0.25) is 9.52 Å². The quantitative estimate of drug-likeness (QED) is 0.906. The molecule has 0 saturated heterocycles. The summed E-state index contributed by atoms with van der Waals surface area (Å²) in [5.41, 5.74) is -0.970. The van der Waals surface area contributed by atoms with Gasteiger partial charge in [0.05, 0.1) is 0 Å². The van der Waals surface area contributed by atoms with Crippen LogP contribution in [-0.2, 0) is 10.0 Å². The number of aromatic nitrogens is 1. The molecule has 1 aromatic heterocycles. The first-order valence-electron chi connectivity index (χ1n) is 5.08. The third-order valence-corrected chi connectivity index (χ3v) is 5.22. The fourth-order valence-corrected chi connectivity index (χ4v) is 3.85. The third kappa shape index (κ3) is 2.70. The smallest absolute Gasteiger partial charge is 0.306 e. The Balaban J connectivity index is 2.49. The Morgan fingerprint density at radius 3 is 2.20 bits per heavy atom. The number of thiazole rings is 1. The number of aromatic amines is 1. The van der Waals surface area contributed by atoms with Crippen molar-refractivity contribution in [3.63, 3.8) is 0 Å². The second-order valence-electron chi connectivity index (χ2n) is 3.78. The van der Waals surface area contributed by atoms with Crippen molar-refractivity contribution in [2.24, 2.45) is 0 Å². The van der Waals surface area contributed by atoms with Crippen LogP contribution in [0.2, 0.25) is 0 Å². The van der Waals surface area contributed by atoms with E-state index in [1.165, 1.54) is 6.92 Å². The zero-order chi connectivity index (χ0) is 15.1. The lowest BCUT2D eigenvalue weighted by atomic mass is 10.3. The summed E-state index contributed by atoms with van der Waals surface area (Å²) in [6, 6.07) is 0.681. The monoisotopic (exact) mass is 324 g/mol. The Hall–Kier alpha value is -1.81. The zero-order valence-corrected chi connectivity index (χ0v) is 11.5. The summed E-state index contributed by atoms with van der Waals surface area (Å²) in [6.45, 7) is 1.32. The lowest BCUT2D eigenvalue weighted by Crippen LogP contribution is -2.15. The number of halogens is 3. The standard InChI is InChI=1S/C10H7F3N2O3S2/c1-4-9(19-10(16)14-4)20(17,18)15-8-6(12)2-5(11)3-7(8)13/h2-3,15H,1H3,(H,14,16). The number of hydrogen-bond acceptors (Lipinski definition) is 4. The molecule has 0 atom stereocenters. The summed E-state index contributed by atoms with van der Waals surface area (Å²) < 4.78 is 64.6. The molecule has 1 aromatic carbocycles. The molecule has 0 saturated carbocycles. The van der Waals surface area contributed by atoms with E-state index in [1.807, 2.05) is 0 Å². The summed E-state index contributed by atoms with van der Waals surface area (Å²) in [4.78, 5) is 12.7. The average Bonchev–Trinajstić information content (AvgIpc) is 2.64. The maximum Gasteiger partial charge on any atom is 0.306 e. The van der Waals surface area contributed by atoms with Gasteiger partial charge in [-0.2, -0.15) is 0 Å². The van der Waals surface area contributed by atoms with Gasteiger partial charge in [-0.15, -0.1) is 0 Å². The van der Waals surface area contributed by atoms with Crippen molar-refractivity contribution >= 4 is 27.0 Å². The first kappa shape index (κ1) is 14.6. The zero-order valence-electron chi connectivity index (χ0n) is 9.83. The van der Waals surface area contributed by atoms with Crippen molar-refractivity contribution in [1.29, 1.82) is 0 Å². The molecule has 0 bridgehead atoms. The van der Waals surface area contributed by atoms with Crippen molar-refractivity contribution < 1.29 is 21.6 Å². The highest BCUT2D eigenvalue weighted by molar-refractivity contribution is 7.94. The van der Waals surface area contributed by atoms with Crippen LogP contribution in [-0.4, -0.2) is 13.4 Å². The van der Waals surface area contributed by atoms with Crippen LogP contribution in [0.3, 0.4) is 0 Å². The van der Waals surface area contributed by atoms with Crippen LogP contribution >= 0.6 is 11.3 Å². The minimum Gasteiger partial charge on any atom is -0.315 e. The van der Waals surface area contributed by atoms with E-state index in [9.17, 15) is 26.4 Å². The average molecular weight is 324 g/mol. The van der Waals surface area contributed by atoms with Crippen molar-refractivity contribution in [2.45, 2.75) is 11.1 Å². The molecule has 2 aromatic rings. The minimum atomic E-state index is -4.35. The van der Waals surface area contributed by atoms with E-state index < -0.39 is 42.2 Å². The molecule has 2 N–H and O–H groups in total. The number of aryl methyl sites for hydroxylation is 1. The molecule has 1 heterocycles. The Labute approximate surface area is 115 Å². The maximum atomic E-state index is 13.4. The molecule has 0 unspecified atom stereocenters. The van der Waals surface area contributed by atoms with Crippen LogP contribution in [0, 0.1) is 24.4 Å². The molecule has 0 spiro atoms. The van der Waals surface area contributed by atoms with E-state index in [-0.39, 0.29) is 5.69 Å². The van der Waals surface area contributed by atoms with E-state index in [1.54, 1.807) is 4.72 Å². The molecule has 0 aliphatic heterocycles. The molecular weight excluding hydrogens is 317 g/mol. The molecule has 0 aliphatic carbocycles. The van der Waals surface area contributed by atoms with Gasteiger partial charge in [0.25, 0.3) is 10.0 Å². The van der Waals surface area contributed by atoms with E-state index >= 15 is 0 Å². The Morgan fingerprint density at radius 1 is 1.20 bits per heavy atom. The van der Waals surface area contributed by atoms with Crippen LogP contribution < -0.4 is 9.60 Å². The van der Waals surface area contributed by atoms with E-state index in [2.05, 4.69) is 4.98 Å². The van der Waals surface area contributed by atoms with Crippen molar-refractivity contribution in [3.05, 3.63) is 44.9 Å². The van der Waals surface area contributed by atoms with Gasteiger partial charge >= 0.3 is 4.87 Å². The summed E-state index contributed by atoms with van der Waals surface area (Å²) in [7, 11) is -4.35. The number of sulfonamides is 1. The summed E-state index contributed by atoms with van der Waals surface area (Å²) in [5.74, 6) is -3.97. The Kier molecular flexibility index (Phi) is 3.61. The number of nitrogens with one attached hydrogen (secondary N) is 2. The summed E-state index contributed by atoms with van der Waals surface area (Å²) >= 11 is 0.375. The molecule has 0 fully saturated rings. The lowest BCUT2D eigenvalue weighted by Gasteiger charge is -2.09. The molecule has 0 aliphatic rings.